The Morgan fingerprint density at radius 2 is 2.08 bits per heavy atom. The van der Waals surface area contributed by atoms with Crippen molar-refractivity contribution in [2.45, 2.75) is 76.5 Å². The molecule has 0 aromatic carbocycles. The number of hydrogen-bond donors (Lipinski definition) is 1. The lowest BCUT2D eigenvalue weighted by atomic mass is 9.84. The van der Waals surface area contributed by atoms with Gasteiger partial charge in [-0.2, -0.15) is 0 Å². The molecule has 1 N–H and O–H groups in total. The minimum atomic E-state index is 0.163. The first-order valence-corrected chi connectivity index (χ1v) is 10.5. The van der Waals surface area contributed by atoms with Crippen LogP contribution in [0.15, 0.2) is 5.16 Å². The van der Waals surface area contributed by atoms with Gasteiger partial charge in [-0.1, -0.05) is 18.2 Å². The van der Waals surface area contributed by atoms with Crippen LogP contribution in [0, 0.1) is 31.6 Å². The van der Waals surface area contributed by atoms with Crippen molar-refractivity contribution < 1.29 is 4.79 Å². The van der Waals surface area contributed by atoms with Crippen LogP contribution in [0.5, 0.6) is 0 Å². The van der Waals surface area contributed by atoms with E-state index in [-0.39, 0.29) is 5.91 Å². The van der Waals surface area contributed by atoms with E-state index in [4.69, 9.17) is 0 Å². The van der Waals surface area contributed by atoms with E-state index in [0.29, 0.717) is 23.8 Å². The molecule has 132 valence electrons. The van der Waals surface area contributed by atoms with Gasteiger partial charge >= 0.3 is 0 Å². The van der Waals surface area contributed by atoms with Crippen LogP contribution in [0.3, 0.4) is 0 Å². The maximum absolute atomic E-state index is 12.4. The summed E-state index contributed by atoms with van der Waals surface area (Å²) in [4.78, 5) is 17.1. The van der Waals surface area contributed by atoms with Gasteiger partial charge in [0, 0.05) is 17.8 Å². The summed E-state index contributed by atoms with van der Waals surface area (Å²) in [5, 5.41) is 4.29. The molecule has 4 atom stereocenters. The number of fused-ring (bicyclic) bond motifs is 2. The molecular formula is C19H29N3OS. The summed E-state index contributed by atoms with van der Waals surface area (Å²) in [6.07, 6.45) is 8.01. The van der Waals surface area contributed by atoms with Crippen LogP contribution in [0.4, 0.5) is 0 Å². The number of imidazole rings is 1. The monoisotopic (exact) mass is 347 g/mol. The number of amides is 1. The maximum atomic E-state index is 12.4. The molecule has 0 saturated heterocycles. The van der Waals surface area contributed by atoms with Gasteiger partial charge in [0.05, 0.1) is 11.4 Å². The van der Waals surface area contributed by atoms with E-state index in [0.717, 1.165) is 22.7 Å². The molecule has 3 aliphatic rings. The van der Waals surface area contributed by atoms with Crippen LogP contribution >= 0.6 is 11.8 Å². The minimum absolute atomic E-state index is 0.163. The number of carbonyl (C=O) groups excluding carboxylic acids is 1. The van der Waals surface area contributed by atoms with E-state index in [1.807, 2.05) is 0 Å². The highest BCUT2D eigenvalue weighted by atomic mass is 32.2. The molecule has 5 heteroatoms. The molecule has 1 amide bonds. The molecule has 1 aromatic heterocycles. The van der Waals surface area contributed by atoms with Crippen LogP contribution in [-0.4, -0.2) is 27.3 Å². The van der Waals surface area contributed by atoms with Gasteiger partial charge in [0.2, 0.25) is 5.91 Å². The van der Waals surface area contributed by atoms with E-state index >= 15 is 0 Å². The number of nitrogens with one attached hydrogen (secondary N) is 1. The van der Waals surface area contributed by atoms with E-state index < -0.39 is 0 Å². The van der Waals surface area contributed by atoms with Crippen LogP contribution in [0.2, 0.25) is 0 Å². The van der Waals surface area contributed by atoms with Crippen molar-refractivity contribution in [1.29, 1.82) is 0 Å². The quantitative estimate of drug-likeness (QED) is 0.795. The van der Waals surface area contributed by atoms with Gasteiger partial charge in [-0.15, -0.1) is 0 Å². The highest BCUT2D eigenvalue weighted by molar-refractivity contribution is 7.99. The summed E-state index contributed by atoms with van der Waals surface area (Å²) >= 11 is 1.60. The number of aromatic nitrogens is 2. The van der Waals surface area contributed by atoms with Gasteiger partial charge < -0.3 is 9.88 Å². The van der Waals surface area contributed by atoms with E-state index in [9.17, 15) is 4.79 Å². The van der Waals surface area contributed by atoms with Gasteiger partial charge in [0.25, 0.3) is 0 Å². The fourth-order valence-electron chi connectivity index (χ4n) is 4.90. The first kappa shape index (κ1) is 16.5. The highest BCUT2D eigenvalue weighted by Crippen LogP contribution is 2.49. The molecular weight excluding hydrogens is 318 g/mol. The standard InChI is InChI=1S/C19H29N3OS/c1-11-13(3)22(16-6-7-16)19(21-11)24-10-18(23)20-12(2)17-9-14-4-5-15(17)8-14/h12,14-17H,4-10H2,1-3H3,(H,20,23)/t12-,14-,15-,17+/m0/s1. The zero-order chi connectivity index (χ0) is 16.8. The Morgan fingerprint density at radius 3 is 2.71 bits per heavy atom. The third kappa shape index (κ3) is 3.12. The van der Waals surface area contributed by atoms with Gasteiger partial charge in [-0.05, 0) is 70.6 Å². The second-order valence-corrected chi connectivity index (χ2v) is 9.09. The molecule has 1 aromatic rings. The van der Waals surface area contributed by atoms with E-state index in [2.05, 4.69) is 35.6 Å². The number of hydrogen-bond acceptors (Lipinski definition) is 3. The first-order chi connectivity index (χ1) is 11.5. The lowest BCUT2D eigenvalue weighted by Crippen LogP contribution is -2.40. The molecule has 0 unspecified atom stereocenters. The third-order valence-corrected chi connectivity index (χ3v) is 7.38. The summed E-state index contributed by atoms with van der Waals surface area (Å²) in [5.41, 5.74) is 2.36. The predicted molar refractivity (Wildman–Crippen MR) is 97.2 cm³/mol. The molecule has 4 nitrogen and oxygen atoms in total. The van der Waals surface area contributed by atoms with Crippen LogP contribution in [-0.2, 0) is 4.79 Å². The number of carbonyl (C=O) groups is 1. The second kappa shape index (κ2) is 6.40. The molecule has 1 heterocycles. The maximum Gasteiger partial charge on any atom is 0.230 e. The average Bonchev–Trinajstić information content (AvgIpc) is 3.03. The van der Waals surface area contributed by atoms with Crippen molar-refractivity contribution in [3.8, 4) is 0 Å². The fraction of sp³-hybridized carbons (Fsp3) is 0.789. The average molecular weight is 348 g/mol. The Kier molecular flexibility index (Phi) is 4.40. The summed E-state index contributed by atoms with van der Waals surface area (Å²) in [5.74, 6) is 3.14. The molecule has 3 fully saturated rings. The Bertz CT molecular complexity index is 637. The first-order valence-electron chi connectivity index (χ1n) is 9.50. The predicted octanol–water partition coefficient (Wildman–Crippen LogP) is 3.87. The number of rotatable bonds is 6. The van der Waals surface area contributed by atoms with Crippen LogP contribution in [0.25, 0.3) is 0 Å². The van der Waals surface area contributed by atoms with Crippen molar-refractivity contribution in [3.05, 3.63) is 11.4 Å². The topological polar surface area (TPSA) is 46.9 Å². The molecule has 4 rings (SSSR count). The zero-order valence-corrected chi connectivity index (χ0v) is 15.9. The molecule has 24 heavy (non-hydrogen) atoms. The SMILES string of the molecule is Cc1nc(SCC(=O)N[C@@H](C)[C@H]2C[C@H]3CC[C@H]2C3)n(C2CC2)c1C. The highest BCUT2D eigenvalue weighted by Gasteiger charge is 2.42. The summed E-state index contributed by atoms with van der Waals surface area (Å²) in [6, 6.07) is 0.935. The Balaban J connectivity index is 1.31. The van der Waals surface area contributed by atoms with Crippen molar-refractivity contribution in [2.24, 2.45) is 17.8 Å². The Hall–Kier alpha value is -0.970. The van der Waals surface area contributed by atoms with Crippen molar-refractivity contribution >= 4 is 17.7 Å². The molecule has 0 aliphatic heterocycles. The lowest BCUT2D eigenvalue weighted by Gasteiger charge is -2.28. The zero-order valence-electron chi connectivity index (χ0n) is 15.0. The summed E-state index contributed by atoms with van der Waals surface area (Å²) in [7, 11) is 0. The minimum Gasteiger partial charge on any atom is -0.353 e. The van der Waals surface area contributed by atoms with Gasteiger partial charge in [-0.25, -0.2) is 4.98 Å². The smallest absolute Gasteiger partial charge is 0.230 e. The van der Waals surface area contributed by atoms with Gasteiger partial charge in [0.15, 0.2) is 5.16 Å². The van der Waals surface area contributed by atoms with Crippen molar-refractivity contribution in [3.63, 3.8) is 0 Å². The third-order valence-electron chi connectivity index (χ3n) is 6.42. The normalized spacial score (nSPS) is 29.9. The Morgan fingerprint density at radius 1 is 1.29 bits per heavy atom. The summed E-state index contributed by atoms with van der Waals surface area (Å²) < 4.78 is 2.34. The number of nitrogens with zero attached hydrogens (tertiary/aromatic N) is 2. The van der Waals surface area contributed by atoms with Gasteiger partial charge in [-0.3, -0.25) is 4.79 Å². The molecule has 0 spiro atoms. The lowest BCUT2D eigenvalue weighted by molar-refractivity contribution is -0.119. The fourth-order valence-corrected chi connectivity index (χ4v) is 5.87. The number of thioether (sulfide) groups is 1. The van der Waals surface area contributed by atoms with Gasteiger partial charge in [0.1, 0.15) is 0 Å². The van der Waals surface area contributed by atoms with E-state index in [1.165, 1.54) is 44.2 Å². The van der Waals surface area contributed by atoms with Crippen LogP contribution in [0.1, 0.15) is 62.9 Å². The van der Waals surface area contributed by atoms with Crippen LogP contribution < -0.4 is 5.32 Å². The molecule has 0 radical (unpaired) electrons. The molecule has 3 aliphatic carbocycles. The Labute approximate surface area is 149 Å². The largest absolute Gasteiger partial charge is 0.353 e. The molecule has 3 saturated carbocycles. The second-order valence-electron chi connectivity index (χ2n) is 8.15. The van der Waals surface area contributed by atoms with Crippen molar-refractivity contribution in [1.82, 2.24) is 14.9 Å². The number of aryl methyl sites for hydroxylation is 1. The van der Waals surface area contributed by atoms with E-state index in [1.54, 1.807) is 11.8 Å². The molecule has 2 bridgehead atoms. The summed E-state index contributed by atoms with van der Waals surface area (Å²) in [6.45, 7) is 6.41. The van der Waals surface area contributed by atoms with Crippen molar-refractivity contribution in [2.75, 3.05) is 5.75 Å².